The predicted molar refractivity (Wildman–Crippen MR) is 104 cm³/mol. The summed E-state index contributed by atoms with van der Waals surface area (Å²) in [6.45, 7) is 7.15. The third-order valence-electron chi connectivity index (χ3n) is 4.28. The molecule has 2 heterocycles. The standard InChI is InChI=1S/C20H26N4O3/c1-16-3-6-18(7-4-16)27-19-8-5-17(15-22-19)23-20(25)21-9-2-10-24-11-13-26-14-12-24/h3-8,15H,2,9-14H2,1H3,(H2,21,23,25). The number of aryl methyl sites for hydroxylation is 1. The van der Waals surface area contributed by atoms with E-state index in [1.165, 1.54) is 5.56 Å². The number of carbonyl (C=O) groups excluding carboxylic acids is 1. The molecule has 2 amide bonds. The van der Waals surface area contributed by atoms with Crippen LogP contribution in [0.1, 0.15) is 12.0 Å². The first kappa shape index (κ1) is 19.1. The fourth-order valence-corrected chi connectivity index (χ4v) is 2.75. The highest BCUT2D eigenvalue weighted by atomic mass is 16.5. The van der Waals surface area contributed by atoms with Crippen LogP contribution in [0.15, 0.2) is 42.6 Å². The number of pyridine rings is 1. The Morgan fingerprint density at radius 1 is 1.19 bits per heavy atom. The van der Waals surface area contributed by atoms with E-state index in [0.29, 0.717) is 18.1 Å². The van der Waals surface area contributed by atoms with Gasteiger partial charge < -0.3 is 20.1 Å². The molecule has 1 fully saturated rings. The zero-order valence-electron chi connectivity index (χ0n) is 15.6. The molecule has 1 aromatic heterocycles. The van der Waals surface area contributed by atoms with Crippen molar-refractivity contribution in [2.45, 2.75) is 13.3 Å². The molecule has 144 valence electrons. The number of urea groups is 1. The summed E-state index contributed by atoms with van der Waals surface area (Å²) in [5, 5.41) is 5.64. The molecule has 0 atom stereocenters. The molecule has 0 bridgehead atoms. The maximum atomic E-state index is 12.0. The second-order valence-electron chi connectivity index (χ2n) is 6.49. The molecule has 7 heteroatoms. The number of amides is 2. The Bertz CT molecular complexity index is 713. The number of rotatable bonds is 7. The first-order valence-corrected chi connectivity index (χ1v) is 9.24. The van der Waals surface area contributed by atoms with Gasteiger partial charge in [0.2, 0.25) is 5.88 Å². The summed E-state index contributed by atoms with van der Waals surface area (Å²) in [5.74, 6) is 1.21. The van der Waals surface area contributed by atoms with Crippen LogP contribution >= 0.6 is 0 Å². The van der Waals surface area contributed by atoms with Gasteiger partial charge in [0.25, 0.3) is 0 Å². The van der Waals surface area contributed by atoms with Crippen LogP contribution in [0, 0.1) is 6.92 Å². The number of ether oxygens (including phenoxy) is 2. The Hall–Kier alpha value is -2.64. The number of nitrogens with zero attached hydrogens (tertiary/aromatic N) is 2. The van der Waals surface area contributed by atoms with E-state index in [9.17, 15) is 4.79 Å². The molecule has 0 unspecified atom stereocenters. The van der Waals surface area contributed by atoms with Gasteiger partial charge in [0.15, 0.2) is 0 Å². The predicted octanol–water partition coefficient (Wildman–Crippen LogP) is 3.03. The van der Waals surface area contributed by atoms with Gasteiger partial charge in [0, 0.05) is 25.7 Å². The van der Waals surface area contributed by atoms with E-state index in [0.717, 1.165) is 45.0 Å². The zero-order valence-corrected chi connectivity index (χ0v) is 15.6. The average Bonchev–Trinajstić information content (AvgIpc) is 2.69. The fraction of sp³-hybridized carbons (Fsp3) is 0.400. The van der Waals surface area contributed by atoms with Gasteiger partial charge in [0.1, 0.15) is 5.75 Å². The van der Waals surface area contributed by atoms with Crippen LogP contribution in [0.2, 0.25) is 0 Å². The van der Waals surface area contributed by atoms with Crippen LogP contribution < -0.4 is 15.4 Å². The first-order valence-electron chi connectivity index (χ1n) is 9.24. The number of nitrogens with one attached hydrogen (secondary N) is 2. The Morgan fingerprint density at radius 3 is 2.67 bits per heavy atom. The normalized spacial score (nSPS) is 14.6. The number of carbonyl (C=O) groups is 1. The van der Waals surface area contributed by atoms with Crippen LogP contribution in [-0.2, 0) is 4.74 Å². The summed E-state index contributed by atoms with van der Waals surface area (Å²) in [7, 11) is 0. The summed E-state index contributed by atoms with van der Waals surface area (Å²) in [6, 6.07) is 11.0. The minimum Gasteiger partial charge on any atom is -0.439 e. The van der Waals surface area contributed by atoms with E-state index in [4.69, 9.17) is 9.47 Å². The molecule has 7 nitrogen and oxygen atoms in total. The molecule has 1 aromatic carbocycles. The molecule has 1 saturated heterocycles. The Morgan fingerprint density at radius 2 is 1.96 bits per heavy atom. The zero-order chi connectivity index (χ0) is 18.9. The van der Waals surface area contributed by atoms with Crippen LogP contribution in [0.5, 0.6) is 11.6 Å². The molecule has 3 rings (SSSR count). The van der Waals surface area contributed by atoms with Gasteiger partial charge in [0.05, 0.1) is 25.1 Å². The molecular formula is C20H26N4O3. The molecule has 27 heavy (non-hydrogen) atoms. The number of benzene rings is 1. The van der Waals surface area contributed by atoms with Crippen molar-refractivity contribution in [3.63, 3.8) is 0 Å². The number of aromatic nitrogens is 1. The maximum Gasteiger partial charge on any atom is 0.319 e. The summed E-state index contributed by atoms with van der Waals surface area (Å²) in [5.41, 5.74) is 1.79. The third kappa shape index (κ3) is 6.54. The van der Waals surface area contributed by atoms with Crippen LogP contribution in [0.25, 0.3) is 0 Å². The number of anilines is 1. The molecule has 0 aliphatic carbocycles. The van der Waals surface area contributed by atoms with E-state index in [2.05, 4.69) is 20.5 Å². The van der Waals surface area contributed by atoms with Crippen LogP contribution in [0.3, 0.4) is 0 Å². The van der Waals surface area contributed by atoms with Crippen molar-refractivity contribution in [3.8, 4) is 11.6 Å². The van der Waals surface area contributed by atoms with Crippen molar-refractivity contribution in [3.05, 3.63) is 48.2 Å². The molecule has 1 aliphatic heterocycles. The molecule has 0 radical (unpaired) electrons. The van der Waals surface area contributed by atoms with E-state index in [-0.39, 0.29) is 6.03 Å². The number of morpholine rings is 1. The molecule has 2 aromatic rings. The van der Waals surface area contributed by atoms with Crippen molar-refractivity contribution in [2.75, 3.05) is 44.7 Å². The van der Waals surface area contributed by atoms with Gasteiger partial charge >= 0.3 is 6.03 Å². The van der Waals surface area contributed by atoms with E-state index < -0.39 is 0 Å². The van der Waals surface area contributed by atoms with E-state index in [1.807, 2.05) is 31.2 Å². The fourth-order valence-electron chi connectivity index (χ4n) is 2.75. The first-order chi connectivity index (χ1) is 13.2. The van der Waals surface area contributed by atoms with Gasteiger partial charge in [-0.2, -0.15) is 0 Å². The maximum absolute atomic E-state index is 12.0. The van der Waals surface area contributed by atoms with Gasteiger partial charge in [-0.15, -0.1) is 0 Å². The molecule has 1 aliphatic rings. The van der Waals surface area contributed by atoms with Gasteiger partial charge in [-0.3, -0.25) is 4.90 Å². The molecule has 0 spiro atoms. The smallest absolute Gasteiger partial charge is 0.319 e. The van der Waals surface area contributed by atoms with E-state index >= 15 is 0 Å². The highest BCUT2D eigenvalue weighted by Gasteiger charge is 2.09. The Kier molecular flexibility index (Phi) is 7.01. The van der Waals surface area contributed by atoms with Crippen LogP contribution in [-0.4, -0.2) is 55.3 Å². The van der Waals surface area contributed by atoms with Crippen molar-refractivity contribution < 1.29 is 14.3 Å². The lowest BCUT2D eigenvalue weighted by Gasteiger charge is -2.26. The van der Waals surface area contributed by atoms with Gasteiger partial charge in [-0.1, -0.05) is 17.7 Å². The highest BCUT2D eigenvalue weighted by Crippen LogP contribution is 2.20. The summed E-state index contributed by atoms with van der Waals surface area (Å²) in [4.78, 5) is 18.5. The Balaban J connectivity index is 1.37. The monoisotopic (exact) mass is 370 g/mol. The highest BCUT2D eigenvalue weighted by molar-refractivity contribution is 5.88. The van der Waals surface area contributed by atoms with Gasteiger partial charge in [-0.05, 0) is 38.1 Å². The molecule has 0 saturated carbocycles. The van der Waals surface area contributed by atoms with Crippen molar-refractivity contribution in [2.24, 2.45) is 0 Å². The minimum atomic E-state index is -0.231. The lowest BCUT2D eigenvalue weighted by Crippen LogP contribution is -2.38. The largest absolute Gasteiger partial charge is 0.439 e. The SMILES string of the molecule is Cc1ccc(Oc2ccc(NC(=O)NCCCN3CCOCC3)cn2)cc1. The van der Waals surface area contributed by atoms with Crippen molar-refractivity contribution >= 4 is 11.7 Å². The average molecular weight is 370 g/mol. The number of hydrogen-bond acceptors (Lipinski definition) is 5. The van der Waals surface area contributed by atoms with E-state index in [1.54, 1.807) is 18.3 Å². The summed E-state index contributed by atoms with van der Waals surface area (Å²) >= 11 is 0. The number of hydrogen-bond donors (Lipinski definition) is 2. The van der Waals surface area contributed by atoms with Crippen molar-refractivity contribution in [1.29, 1.82) is 0 Å². The second-order valence-corrected chi connectivity index (χ2v) is 6.49. The summed E-state index contributed by atoms with van der Waals surface area (Å²) in [6.07, 6.45) is 2.49. The minimum absolute atomic E-state index is 0.231. The topological polar surface area (TPSA) is 75.7 Å². The Labute approximate surface area is 159 Å². The third-order valence-corrected chi connectivity index (χ3v) is 4.28. The lowest BCUT2D eigenvalue weighted by molar-refractivity contribution is 0.0375. The summed E-state index contributed by atoms with van der Waals surface area (Å²) < 4.78 is 11.0. The quantitative estimate of drug-likeness (QED) is 0.733. The lowest BCUT2D eigenvalue weighted by atomic mass is 10.2. The van der Waals surface area contributed by atoms with Gasteiger partial charge in [-0.25, -0.2) is 9.78 Å². The second kappa shape index (κ2) is 9.89. The molecular weight excluding hydrogens is 344 g/mol. The molecule has 2 N–H and O–H groups in total. The van der Waals surface area contributed by atoms with Crippen LogP contribution in [0.4, 0.5) is 10.5 Å². The van der Waals surface area contributed by atoms with Crippen molar-refractivity contribution in [1.82, 2.24) is 15.2 Å².